The summed E-state index contributed by atoms with van der Waals surface area (Å²) in [6.07, 6.45) is 0.559. The van der Waals surface area contributed by atoms with E-state index in [1.54, 1.807) is 42.3 Å². The minimum absolute atomic E-state index is 0.109. The quantitative estimate of drug-likeness (QED) is 0.736. The molecule has 1 aliphatic rings. The van der Waals surface area contributed by atoms with Crippen molar-refractivity contribution in [2.75, 3.05) is 7.05 Å². The predicted octanol–water partition coefficient (Wildman–Crippen LogP) is 3.82. The molecular formula is C21H21ClN2O3. The molecule has 3 amide bonds. The first kappa shape index (κ1) is 19.1. The highest BCUT2D eigenvalue weighted by molar-refractivity contribution is 6.30. The van der Waals surface area contributed by atoms with E-state index >= 15 is 0 Å². The average Bonchev–Trinajstić information content (AvgIpc) is 2.99. The molecule has 2 aromatic carbocycles. The maximum atomic E-state index is 12.8. The second-order valence-electron chi connectivity index (χ2n) is 6.72. The molecule has 5 nitrogen and oxygen atoms in total. The first-order valence-electron chi connectivity index (χ1n) is 8.81. The van der Waals surface area contributed by atoms with E-state index in [1.807, 2.05) is 25.1 Å². The standard InChI is InChI=1S/C21H21ClN2O3/c1-14(17-4-3-5-18(22)12-17)23(2)21(27)16-8-6-15(7-9-16)13-24-19(25)10-11-20(24)26/h3-9,12,14H,10-11,13H2,1-2H3. The highest BCUT2D eigenvalue weighted by atomic mass is 35.5. The summed E-state index contributed by atoms with van der Waals surface area (Å²) in [5.74, 6) is -0.396. The van der Waals surface area contributed by atoms with Crippen molar-refractivity contribution in [3.63, 3.8) is 0 Å². The molecule has 6 heteroatoms. The molecule has 1 atom stereocenters. The molecule has 1 fully saturated rings. The fraction of sp³-hybridized carbons (Fsp3) is 0.286. The first-order valence-corrected chi connectivity index (χ1v) is 9.19. The van der Waals surface area contributed by atoms with Crippen LogP contribution in [0.15, 0.2) is 48.5 Å². The minimum Gasteiger partial charge on any atom is -0.335 e. The lowest BCUT2D eigenvalue weighted by molar-refractivity contribution is -0.139. The van der Waals surface area contributed by atoms with Gasteiger partial charge in [-0.15, -0.1) is 0 Å². The van der Waals surface area contributed by atoms with E-state index in [2.05, 4.69) is 0 Å². The van der Waals surface area contributed by atoms with E-state index in [0.29, 0.717) is 10.6 Å². The highest BCUT2D eigenvalue weighted by Gasteiger charge is 2.28. The monoisotopic (exact) mass is 384 g/mol. The van der Waals surface area contributed by atoms with E-state index in [1.165, 1.54) is 4.90 Å². The molecular weight excluding hydrogens is 364 g/mol. The van der Waals surface area contributed by atoms with Crippen molar-refractivity contribution >= 4 is 29.3 Å². The van der Waals surface area contributed by atoms with Crippen LogP contribution in [0.5, 0.6) is 0 Å². The van der Waals surface area contributed by atoms with Gasteiger partial charge in [0.05, 0.1) is 12.6 Å². The number of likely N-dealkylation sites (tertiary alicyclic amines) is 1. The number of carbonyl (C=O) groups is 3. The van der Waals surface area contributed by atoms with Gasteiger partial charge in [-0.1, -0.05) is 35.9 Å². The van der Waals surface area contributed by atoms with Crippen molar-refractivity contribution < 1.29 is 14.4 Å². The van der Waals surface area contributed by atoms with Gasteiger partial charge in [-0.3, -0.25) is 19.3 Å². The summed E-state index contributed by atoms with van der Waals surface area (Å²) in [5, 5.41) is 0.635. The van der Waals surface area contributed by atoms with Gasteiger partial charge in [0.1, 0.15) is 0 Å². The molecule has 1 aliphatic heterocycles. The zero-order valence-corrected chi connectivity index (χ0v) is 16.1. The third-order valence-corrected chi connectivity index (χ3v) is 5.16. The number of imide groups is 1. The van der Waals surface area contributed by atoms with E-state index in [9.17, 15) is 14.4 Å². The molecule has 2 aromatic rings. The largest absolute Gasteiger partial charge is 0.335 e. The molecule has 0 aliphatic carbocycles. The van der Waals surface area contributed by atoms with Crippen LogP contribution < -0.4 is 0 Å². The van der Waals surface area contributed by atoms with Crippen LogP contribution in [0.2, 0.25) is 5.02 Å². The summed E-state index contributed by atoms with van der Waals surface area (Å²) >= 11 is 6.04. The van der Waals surface area contributed by atoms with E-state index < -0.39 is 0 Å². The van der Waals surface area contributed by atoms with Gasteiger partial charge in [0.25, 0.3) is 5.91 Å². The Bertz CT molecular complexity index is 863. The number of hydrogen-bond acceptors (Lipinski definition) is 3. The molecule has 1 heterocycles. The van der Waals surface area contributed by atoms with Crippen LogP contribution in [0.4, 0.5) is 0 Å². The molecule has 0 bridgehead atoms. The number of halogens is 1. The second-order valence-corrected chi connectivity index (χ2v) is 7.15. The normalized spacial score (nSPS) is 15.1. The Kier molecular flexibility index (Phi) is 5.61. The molecule has 1 saturated heterocycles. The molecule has 0 spiro atoms. The van der Waals surface area contributed by atoms with Crippen molar-refractivity contribution in [3.8, 4) is 0 Å². The van der Waals surface area contributed by atoms with Gasteiger partial charge in [-0.2, -0.15) is 0 Å². The summed E-state index contributed by atoms with van der Waals surface area (Å²) in [7, 11) is 1.75. The lowest BCUT2D eigenvalue weighted by Crippen LogP contribution is -2.30. The van der Waals surface area contributed by atoms with Crippen LogP contribution in [0.1, 0.15) is 47.3 Å². The van der Waals surface area contributed by atoms with Crippen molar-refractivity contribution in [3.05, 3.63) is 70.2 Å². The Labute approximate surface area is 163 Å². The fourth-order valence-electron chi connectivity index (χ4n) is 3.10. The summed E-state index contributed by atoms with van der Waals surface area (Å²) in [5.41, 5.74) is 2.33. The highest BCUT2D eigenvalue weighted by Crippen LogP contribution is 2.24. The Morgan fingerprint density at radius 3 is 2.33 bits per heavy atom. The van der Waals surface area contributed by atoms with Crippen LogP contribution in [0.25, 0.3) is 0 Å². The maximum absolute atomic E-state index is 12.8. The van der Waals surface area contributed by atoms with Gasteiger partial charge in [0, 0.05) is 30.5 Å². The molecule has 0 saturated carbocycles. The number of benzene rings is 2. The van der Waals surface area contributed by atoms with E-state index in [-0.39, 0.29) is 43.1 Å². The third-order valence-electron chi connectivity index (χ3n) is 4.93. The fourth-order valence-corrected chi connectivity index (χ4v) is 3.30. The Balaban J connectivity index is 1.69. The molecule has 0 aromatic heterocycles. The van der Waals surface area contributed by atoms with Crippen molar-refractivity contribution in [1.29, 1.82) is 0 Å². The molecule has 0 N–H and O–H groups in total. The average molecular weight is 385 g/mol. The number of hydrogen-bond donors (Lipinski definition) is 0. The van der Waals surface area contributed by atoms with Crippen molar-refractivity contribution in [2.24, 2.45) is 0 Å². The zero-order chi connectivity index (χ0) is 19.6. The van der Waals surface area contributed by atoms with Gasteiger partial charge in [0.2, 0.25) is 11.8 Å². The van der Waals surface area contributed by atoms with E-state index in [0.717, 1.165) is 11.1 Å². The molecule has 0 radical (unpaired) electrons. The predicted molar refractivity (Wildman–Crippen MR) is 103 cm³/mol. The van der Waals surface area contributed by atoms with Gasteiger partial charge in [-0.25, -0.2) is 0 Å². The van der Waals surface area contributed by atoms with Crippen molar-refractivity contribution in [1.82, 2.24) is 9.80 Å². The SMILES string of the molecule is CC(c1cccc(Cl)c1)N(C)C(=O)c1ccc(CN2C(=O)CCC2=O)cc1. The van der Waals surface area contributed by atoms with Gasteiger partial charge < -0.3 is 4.90 Å². The van der Waals surface area contributed by atoms with Gasteiger partial charge >= 0.3 is 0 Å². The van der Waals surface area contributed by atoms with E-state index in [4.69, 9.17) is 11.6 Å². The van der Waals surface area contributed by atoms with Crippen LogP contribution in [0, 0.1) is 0 Å². The van der Waals surface area contributed by atoms with Crippen molar-refractivity contribution in [2.45, 2.75) is 32.4 Å². The number of nitrogens with zero attached hydrogens (tertiary/aromatic N) is 2. The third kappa shape index (κ3) is 4.19. The van der Waals surface area contributed by atoms with Crippen LogP contribution >= 0.6 is 11.6 Å². The topological polar surface area (TPSA) is 57.7 Å². The molecule has 1 unspecified atom stereocenters. The van der Waals surface area contributed by atoms with Crippen LogP contribution in [-0.2, 0) is 16.1 Å². The smallest absolute Gasteiger partial charge is 0.254 e. The summed E-state index contributed by atoms with van der Waals surface area (Å²) < 4.78 is 0. The summed E-state index contributed by atoms with van der Waals surface area (Å²) in [6, 6.07) is 14.3. The van der Waals surface area contributed by atoms with Crippen LogP contribution in [0.3, 0.4) is 0 Å². The van der Waals surface area contributed by atoms with Gasteiger partial charge in [0.15, 0.2) is 0 Å². The number of amides is 3. The lowest BCUT2D eigenvalue weighted by atomic mass is 10.1. The number of rotatable bonds is 5. The number of carbonyl (C=O) groups excluding carboxylic acids is 3. The van der Waals surface area contributed by atoms with Gasteiger partial charge in [-0.05, 0) is 42.3 Å². The summed E-state index contributed by atoms with van der Waals surface area (Å²) in [4.78, 5) is 39.2. The minimum atomic E-state index is -0.143. The molecule has 3 rings (SSSR count). The summed E-state index contributed by atoms with van der Waals surface area (Å²) in [6.45, 7) is 2.20. The maximum Gasteiger partial charge on any atom is 0.254 e. The Morgan fingerprint density at radius 1 is 1.11 bits per heavy atom. The Morgan fingerprint density at radius 2 is 1.74 bits per heavy atom. The zero-order valence-electron chi connectivity index (χ0n) is 15.3. The van der Waals surface area contributed by atoms with Crippen LogP contribution in [-0.4, -0.2) is 34.6 Å². The first-order chi connectivity index (χ1) is 12.9. The molecule has 140 valence electrons. The second kappa shape index (κ2) is 7.92. The molecule has 27 heavy (non-hydrogen) atoms. The Hall–Kier alpha value is -2.66. The lowest BCUT2D eigenvalue weighted by Gasteiger charge is -2.25.